The molecular formula is C15H22BrClN2. The first kappa shape index (κ1) is 15.1. The van der Waals surface area contributed by atoms with Crippen LogP contribution in [0, 0.1) is 5.92 Å². The van der Waals surface area contributed by atoms with E-state index in [2.05, 4.69) is 28.2 Å². The summed E-state index contributed by atoms with van der Waals surface area (Å²) in [6, 6.07) is 5.98. The Hall–Kier alpha value is -0.250. The van der Waals surface area contributed by atoms with Crippen molar-refractivity contribution in [2.45, 2.75) is 44.6 Å². The maximum Gasteiger partial charge on any atom is 0.0549 e. The number of benzene rings is 1. The highest BCUT2D eigenvalue weighted by Crippen LogP contribution is 2.37. The fourth-order valence-corrected chi connectivity index (χ4v) is 3.56. The molecule has 0 radical (unpaired) electrons. The Morgan fingerprint density at radius 1 is 1.53 bits per heavy atom. The normalized spacial score (nSPS) is 27.3. The van der Waals surface area contributed by atoms with E-state index in [1.165, 1.54) is 25.7 Å². The van der Waals surface area contributed by atoms with Crippen molar-refractivity contribution in [1.29, 1.82) is 0 Å². The number of hydrogen-bond acceptors (Lipinski definition) is 2. The lowest BCUT2D eigenvalue weighted by Gasteiger charge is -2.41. The van der Waals surface area contributed by atoms with E-state index >= 15 is 0 Å². The third-order valence-corrected chi connectivity index (χ3v) is 5.46. The molecule has 2 rings (SSSR count). The minimum absolute atomic E-state index is 0.0478. The summed E-state index contributed by atoms with van der Waals surface area (Å²) in [7, 11) is 0. The monoisotopic (exact) mass is 344 g/mol. The smallest absolute Gasteiger partial charge is 0.0549 e. The van der Waals surface area contributed by atoms with Crippen LogP contribution in [-0.2, 0) is 0 Å². The lowest BCUT2D eigenvalue weighted by Crippen LogP contribution is -2.49. The highest BCUT2D eigenvalue weighted by Gasteiger charge is 2.34. The quantitative estimate of drug-likeness (QED) is 0.821. The second kappa shape index (κ2) is 6.47. The standard InChI is InChI=1S/C15H22BrClN2/c1-2-11-4-3-7-15(9-11,10-18)19-12-5-6-14(17)13(16)8-12/h5-6,8,11,19H,2-4,7,9-10,18H2,1H3. The van der Waals surface area contributed by atoms with Crippen LogP contribution >= 0.6 is 27.5 Å². The Bertz CT molecular complexity index is 438. The maximum absolute atomic E-state index is 6.07. The molecule has 4 heteroatoms. The number of rotatable bonds is 4. The number of anilines is 1. The molecule has 3 N–H and O–H groups in total. The summed E-state index contributed by atoms with van der Waals surface area (Å²) < 4.78 is 0.925. The van der Waals surface area contributed by atoms with E-state index in [0.717, 1.165) is 27.5 Å². The Morgan fingerprint density at radius 2 is 2.32 bits per heavy atom. The van der Waals surface area contributed by atoms with Crippen molar-refractivity contribution in [3.63, 3.8) is 0 Å². The predicted molar refractivity (Wildman–Crippen MR) is 86.8 cm³/mol. The van der Waals surface area contributed by atoms with Crippen LogP contribution in [0.2, 0.25) is 5.02 Å². The molecule has 1 fully saturated rings. The topological polar surface area (TPSA) is 38.0 Å². The fraction of sp³-hybridized carbons (Fsp3) is 0.600. The zero-order chi connectivity index (χ0) is 13.9. The molecule has 1 aromatic carbocycles. The number of hydrogen-bond donors (Lipinski definition) is 2. The third kappa shape index (κ3) is 3.65. The highest BCUT2D eigenvalue weighted by atomic mass is 79.9. The van der Waals surface area contributed by atoms with E-state index in [1.54, 1.807) is 0 Å². The van der Waals surface area contributed by atoms with Crippen LogP contribution in [-0.4, -0.2) is 12.1 Å². The van der Waals surface area contributed by atoms with Gasteiger partial charge in [0.1, 0.15) is 0 Å². The molecule has 1 aliphatic rings. The van der Waals surface area contributed by atoms with Gasteiger partial charge in [-0.25, -0.2) is 0 Å². The lowest BCUT2D eigenvalue weighted by molar-refractivity contribution is 0.244. The van der Waals surface area contributed by atoms with Crippen molar-refractivity contribution < 1.29 is 0 Å². The van der Waals surface area contributed by atoms with Crippen molar-refractivity contribution in [2.75, 3.05) is 11.9 Å². The summed E-state index contributed by atoms with van der Waals surface area (Å²) >= 11 is 9.51. The van der Waals surface area contributed by atoms with E-state index in [9.17, 15) is 0 Å². The molecule has 106 valence electrons. The summed E-state index contributed by atoms with van der Waals surface area (Å²) in [6.45, 7) is 2.96. The van der Waals surface area contributed by atoms with Crippen LogP contribution in [0.1, 0.15) is 39.0 Å². The van der Waals surface area contributed by atoms with E-state index in [1.807, 2.05) is 18.2 Å². The van der Waals surface area contributed by atoms with Gasteiger partial charge in [-0.2, -0.15) is 0 Å². The molecule has 2 nitrogen and oxygen atoms in total. The van der Waals surface area contributed by atoms with Gasteiger partial charge < -0.3 is 11.1 Å². The van der Waals surface area contributed by atoms with Gasteiger partial charge in [0.2, 0.25) is 0 Å². The summed E-state index contributed by atoms with van der Waals surface area (Å²) in [5.41, 5.74) is 7.21. The van der Waals surface area contributed by atoms with Gasteiger partial charge in [-0.1, -0.05) is 37.8 Å². The molecule has 2 atom stereocenters. The molecule has 0 heterocycles. The molecule has 1 saturated carbocycles. The Balaban J connectivity index is 2.15. The molecule has 0 spiro atoms. The molecule has 0 amide bonds. The largest absolute Gasteiger partial charge is 0.378 e. The molecule has 0 bridgehead atoms. The minimum Gasteiger partial charge on any atom is -0.378 e. The second-order valence-corrected chi connectivity index (χ2v) is 6.87. The van der Waals surface area contributed by atoms with Gasteiger partial charge in [-0.05, 0) is 52.9 Å². The van der Waals surface area contributed by atoms with Crippen LogP contribution in [0.4, 0.5) is 5.69 Å². The first-order valence-electron chi connectivity index (χ1n) is 7.02. The summed E-state index contributed by atoms with van der Waals surface area (Å²) in [6.07, 6.45) is 6.16. The van der Waals surface area contributed by atoms with Gasteiger partial charge >= 0.3 is 0 Å². The van der Waals surface area contributed by atoms with Crippen molar-refractivity contribution in [1.82, 2.24) is 0 Å². The van der Waals surface area contributed by atoms with Gasteiger partial charge in [-0.3, -0.25) is 0 Å². The van der Waals surface area contributed by atoms with Crippen molar-refractivity contribution in [2.24, 2.45) is 11.7 Å². The van der Waals surface area contributed by atoms with Crippen molar-refractivity contribution >= 4 is 33.2 Å². The van der Waals surface area contributed by atoms with Gasteiger partial charge in [0.15, 0.2) is 0 Å². The number of nitrogens with one attached hydrogen (secondary N) is 1. The van der Waals surface area contributed by atoms with Crippen LogP contribution in [0.15, 0.2) is 22.7 Å². The van der Waals surface area contributed by atoms with Gasteiger partial charge in [-0.15, -0.1) is 0 Å². The Labute approximate surface area is 129 Å². The van der Waals surface area contributed by atoms with E-state index in [0.29, 0.717) is 6.54 Å². The van der Waals surface area contributed by atoms with Gasteiger partial charge in [0, 0.05) is 22.2 Å². The zero-order valence-electron chi connectivity index (χ0n) is 11.4. The number of nitrogens with two attached hydrogens (primary N) is 1. The second-order valence-electron chi connectivity index (χ2n) is 5.61. The molecule has 0 aromatic heterocycles. The molecule has 0 saturated heterocycles. The Morgan fingerprint density at radius 3 is 2.95 bits per heavy atom. The van der Waals surface area contributed by atoms with E-state index < -0.39 is 0 Å². The first-order chi connectivity index (χ1) is 9.08. The number of halogens is 2. The average molecular weight is 346 g/mol. The zero-order valence-corrected chi connectivity index (χ0v) is 13.7. The lowest BCUT2D eigenvalue weighted by atomic mass is 9.74. The summed E-state index contributed by atoms with van der Waals surface area (Å²) in [5, 5.41) is 4.40. The average Bonchev–Trinajstić information content (AvgIpc) is 2.43. The van der Waals surface area contributed by atoms with Crippen LogP contribution < -0.4 is 11.1 Å². The Kier molecular flexibility index (Phi) is 5.15. The van der Waals surface area contributed by atoms with Crippen molar-refractivity contribution in [3.8, 4) is 0 Å². The third-order valence-electron chi connectivity index (χ3n) is 4.24. The maximum atomic E-state index is 6.07. The highest BCUT2D eigenvalue weighted by molar-refractivity contribution is 9.10. The van der Waals surface area contributed by atoms with Gasteiger partial charge in [0.05, 0.1) is 5.02 Å². The molecular weight excluding hydrogens is 324 g/mol. The molecule has 0 aliphatic heterocycles. The predicted octanol–water partition coefficient (Wildman–Crippen LogP) is 4.81. The van der Waals surface area contributed by atoms with Crippen molar-refractivity contribution in [3.05, 3.63) is 27.7 Å². The molecule has 2 unspecified atom stereocenters. The molecule has 19 heavy (non-hydrogen) atoms. The van der Waals surface area contributed by atoms with Crippen LogP contribution in [0.5, 0.6) is 0 Å². The van der Waals surface area contributed by atoms with E-state index in [-0.39, 0.29) is 5.54 Å². The van der Waals surface area contributed by atoms with Crippen LogP contribution in [0.3, 0.4) is 0 Å². The minimum atomic E-state index is 0.0478. The van der Waals surface area contributed by atoms with Gasteiger partial charge in [0.25, 0.3) is 0 Å². The SMILES string of the molecule is CCC1CCCC(CN)(Nc2ccc(Cl)c(Br)c2)C1. The first-order valence-corrected chi connectivity index (χ1v) is 8.19. The van der Waals surface area contributed by atoms with Crippen LogP contribution in [0.25, 0.3) is 0 Å². The summed E-state index contributed by atoms with van der Waals surface area (Å²) in [4.78, 5) is 0. The molecule has 1 aromatic rings. The fourth-order valence-electron chi connectivity index (χ4n) is 3.06. The summed E-state index contributed by atoms with van der Waals surface area (Å²) in [5.74, 6) is 0.792. The van der Waals surface area contributed by atoms with E-state index in [4.69, 9.17) is 17.3 Å². The molecule has 1 aliphatic carbocycles.